The lowest BCUT2D eigenvalue weighted by Crippen LogP contribution is -2.14. The highest BCUT2D eigenvalue weighted by atomic mass is 35.5. The topological polar surface area (TPSA) is 39.2 Å². The highest BCUT2D eigenvalue weighted by Gasteiger charge is 2.15. The molecule has 2 aromatic rings. The molecule has 2 rings (SSSR count). The number of halogens is 1. The number of Topliss-reactive ketones (excluding diaryl/α,β-unsaturated/α-hetero) is 1. The van der Waals surface area contributed by atoms with Crippen molar-refractivity contribution in [3.63, 3.8) is 0 Å². The van der Waals surface area contributed by atoms with Crippen LogP contribution in [0.3, 0.4) is 0 Å². The molecule has 0 radical (unpaired) electrons. The van der Waals surface area contributed by atoms with Gasteiger partial charge in [-0.25, -0.2) is 4.98 Å². The van der Waals surface area contributed by atoms with Crippen LogP contribution in [0.25, 0.3) is 0 Å². The molecule has 0 N–H and O–H groups in total. The van der Waals surface area contributed by atoms with Crippen LogP contribution in [0.15, 0.2) is 24.4 Å². The van der Waals surface area contributed by atoms with Crippen LogP contribution in [0.2, 0.25) is 5.15 Å². The van der Waals surface area contributed by atoms with Gasteiger partial charge in [0.15, 0.2) is 23.3 Å². The summed E-state index contributed by atoms with van der Waals surface area (Å²) in [6, 6.07) is 5.34. The number of aromatic nitrogens is 1. The quantitative estimate of drug-likeness (QED) is 0.627. The van der Waals surface area contributed by atoms with Gasteiger partial charge >= 0.3 is 0 Å². The monoisotopic (exact) mass is 303 g/mol. The van der Waals surface area contributed by atoms with Crippen LogP contribution >= 0.6 is 11.6 Å². The molecule has 1 aromatic heterocycles. The molecule has 0 atom stereocenters. The van der Waals surface area contributed by atoms with E-state index in [1.165, 1.54) is 5.56 Å². The normalized spacial score (nSPS) is 10.5. The second kappa shape index (κ2) is 6.27. The second-order valence-electron chi connectivity index (χ2n) is 5.12. The van der Waals surface area contributed by atoms with Crippen molar-refractivity contribution in [3.05, 3.63) is 57.4 Å². The summed E-state index contributed by atoms with van der Waals surface area (Å²) in [5, 5.41) is 0.262. The average molecular weight is 304 g/mol. The van der Waals surface area contributed by atoms with Gasteiger partial charge in [-0.1, -0.05) is 11.6 Å². The van der Waals surface area contributed by atoms with Crippen molar-refractivity contribution in [2.75, 3.05) is 6.61 Å². The fraction of sp³-hybridized carbons (Fsp3) is 0.294. The standard InChI is InChI=1S/C17H18ClNO2/c1-10-8-14(13(4)12(3)11(10)2)15(20)9-21-16-6-5-7-19-17(16)18/h5-8H,9H2,1-4H3. The molecule has 0 bridgehead atoms. The van der Waals surface area contributed by atoms with Crippen LogP contribution in [0, 0.1) is 27.7 Å². The number of ether oxygens (including phenoxy) is 1. The van der Waals surface area contributed by atoms with E-state index in [1.807, 2.05) is 26.8 Å². The van der Waals surface area contributed by atoms with E-state index in [0.717, 1.165) is 16.7 Å². The Morgan fingerprint density at radius 3 is 2.57 bits per heavy atom. The van der Waals surface area contributed by atoms with Gasteiger partial charge in [-0.15, -0.1) is 0 Å². The number of pyridine rings is 1. The Balaban J connectivity index is 2.20. The van der Waals surface area contributed by atoms with Crippen molar-refractivity contribution in [2.45, 2.75) is 27.7 Å². The van der Waals surface area contributed by atoms with Gasteiger partial charge in [-0.05, 0) is 68.1 Å². The molecule has 3 nitrogen and oxygen atoms in total. The van der Waals surface area contributed by atoms with Crippen molar-refractivity contribution >= 4 is 17.4 Å². The first-order chi connectivity index (χ1) is 9.91. The fourth-order valence-electron chi connectivity index (χ4n) is 2.20. The SMILES string of the molecule is Cc1cc(C(=O)COc2cccnc2Cl)c(C)c(C)c1C. The summed E-state index contributed by atoms with van der Waals surface area (Å²) in [6.07, 6.45) is 1.58. The van der Waals surface area contributed by atoms with E-state index in [0.29, 0.717) is 11.3 Å². The highest BCUT2D eigenvalue weighted by molar-refractivity contribution is 6.30. The number of carbonyl (C=O) groups excluding carboxylic acids is 1. The van der Waals surface area contributed by atoms with Crippen molar-refractivity contribution in [2.24, 2.45) is 0 Å². The number of rotatable bonds is 4. The largest absolute Gasteiger partial charge is 0.482 e. The fourth-order valence-corrected chi connectivity index (χ4v) is 2.38. The lowest BCUT2D eigenvalue weighted by atomic mass is 9.93. The first-order valence-electron chi connectivity index (χ1n) is 6.75. The van der Waals surface area contributed by atoms with Gasteiger partial charge in [-0.3, -0.25) is 4.79 Å². The molecule has 110 valence electrons. The third-order valence-corrected chi connectivity index (χ3v) is 4.15. The number of carbonyl (C=O) groups is 1. The summed E-state index contributed by atoms with van der Waals surface area (Å²) in [7, 11) is 0. The predicted molar refractivity (Wildman–Crippen MR) is 84.5 cm³/mol. The Morgan fingerprint density at radius 2 is 1.90 bits per heavy atom. The summed E-state index contributed by atoms with van der Waals surface area (Å²) >= 11 is 5.91. The van der Waals surface area contributed by atoms with Crippen LogP contribution in [-0.2, 0) is 0 Å². The van der Waals surface area contributed by atoms with Crippen LogP contribution in [0.5, 0.6) is 5.75 Å². The molecule has 0 aliphatic carbocycles. The first-order valence-corrected chi connectivity index (χ1v) is 7.13. The molecule has 0 aliphatic rings. The van der Waals surface area contributed by atoms with Gasteiger partial charge in [0.2, 0.25) is 0 Å². The smallest absolute Gasteiger partial charge is 0.200 e. The number of hydrogen-bond acceptors (Lipinski definition) is 3. The lowest BCUT2D eigenvalue weighted by molar-refractivity contribution is 0.0920. The number of hydrogen-bond donors (Lipinski definition) is 0. The molecule has 0 spiro atoms. The zero-order valence-corrected chi connectivity index (χ0v) is 13.4. The number of ketones is 1. The lowest BCUT2D eigenvalue weighted by Gasteiger charge is -2.14. The van der Waals surface area contributed by atoms with E-state index in [4.69, 9.17) is 16.3 Å². The zero-order valence-electron chi connectivity index (χ0n) is 12.7. The van der Waals surface area contributed by atoms with E-state index in [2.05, 4.69) is 11.9 Å². The van der Waals surface area contributed by atoms with E-state index in [1.54, 1.807) is 18.3 Å². The Labute approximate surface area is 129 Å². The van der Waals surface area contributed by atoms with E-state index in [-0.39, 0.29) is 17.5 Å². The van der Waals surface area contributed by atoms with Gasteiger partial charge in [0.1, 0.15) is 0 Å². The Kier molecular flexibility index (Phi) is 4.63. The van der Waals surface area contributed by atoms with Crippen molar-refractivity contribution in [3.8, 4) is 5.75 Å². The molecule has 0 unspecified atom stereocenters. The summed E-state index contributed by atoms with van der Waals surface area (Å²) in [6.45, 7) is 8.03. The molecule has 1 heterocycles. The molecule has 0 saturated carbocycles. The van der Waals surface area contributed by atoms with E-state index < -0.39 is 0 Å². The van der Waals surface area contributed by atoms with Crippen LogP contribution in [-0.4, -0.2) is 17.4 Å². The van der Waals surface area contributed by atoms with Crippen LogP contribution in [0.4, 0.5) is 0 Å². The maximum Gasteiger partial charge on any atom is 0.200 e. The van der Waals surface area contributed by atoms with Gasteiger partial charge < -0.3 is 4.74 Å². The van der Waals surface area contributed by atoms with Crippen LogP contribution < -0.4 is 4.74 Å². The van der Waals surface area contributed by atoms with Gasteiger partial charge in [-0.2, -0.15) is 0 Å². The average Bonchev–Trinajstić information content (AvgIpc) is 2.47. The number of benzene rings is 1. The minimum absolute atomic E-state index is 0.0474. The Bertz CT molecular complexity index is 695. The Hall–Kier alpha value is -1.87. The molecule has 0 fully saturated rings. The maximum absolute atomic E-state index is 12.4. The number of nitrogens with zero attached hydrogens (tertiary/aromatic N) is 1. The summed E-state index contributed by atoms with van der Waals surface area (Å²) in [5.74, 6) is 0.365. The molecular formula is C17H18ClNO2. The molecule has 0 saturated heterocycles. The summed E-state index contributed by atoms with van der Waals surface area (Å²) in [5.41, 5.74) is 5.19. The molecular weight excluding hydrogens is 286 g/mol. The first kappa shape index (κ1) is 15.5. The minimum Gasteiger partial charge on any atom is -0.482 e. The van der Waals surface area contributed by atoms with Gasteiger partial charge in [0, 0.05) is 11.8 Å². The van der Waals surface area contributed by atoms with Crippen molar-refractivity contribution in [1.82, 2.24) is 4.98 Å². The molecule has 4 heteroatoms. The number of aryl methyl sites for hydroxylation is 1. The third-order valence-electron chi connectivity index (χ3n) is 3.87. The van der Waals surface area contributed by atoms with E-state index >= 15 is 0 Å². The minimum atomic E-state index is -0.0568. The molecule has 0 aliphatic heterocycles. The molecule has 0 amide bonds. The molecule has 1 aromatic carbocycles. The summed E-state index contributed by atoms with van der Waals surface area (Å²) < 4.78 is 5.47. The van der Waals surface area contributed by atoms with Crippen molar-refractivity contribution in [1.29, 1.82) is 0 Å². The maximum atomic E-state index is 12.4. The molecule has 21 heavy (non-hydrogen) atoms. The van der Waals surface area contributed by atoms with Crippen LogP contribution in [0.1, 0.15) is 32.6 Å². The van der Waals surface area contributed by atoms with Gasteiger partial charge in [0.25, 0.3) is 0 Å². The second-order valence-corrected chi connectivity index (χ2v) is 5.48. The summed E-state index contributed by atoms with van der Waals surface area (Å²) in [4.78, 5) is 16.3. The van der Waals surface area contributed by atoms with E-state index in [9.17, 15) is 4.79 Å². The third kappa shape index (κ3) is 3.24. The zero-order chi connectivity index (χ0) is 15.6. The van der Waals surface area contributed by atoms with Crippen molar-refractivity contribution < 1.29 is 9.53 Å². The van der Waals surface area contributed by atoms with Gasteiger partial charge in [0.05, 0.1) is 0 Å². The predicted octanol–water partition coefficient (Wildman–Crippen LogP) is 4.23. The Morgan fingerprint density at radius 1 is 1.19 bits per heavy atom. The highest BCUT2D eigenvalue weighted by Crippen LogP contribution is 2.23.